The fraction of sp³-hybridized carbons (Fsp3) is 0.688. The molecule has 4 heteroatoms. The van der Waals surface area contributed by atoms with Crippen LogP contribution in [0.25, 0.3) is 0 Å². The van der Waals surface area contributed by atoms with Crippen molar-refractivity contribution >= 4 is 17.2 Å². The standard InChI is InChI=1S/C16H28N2OS/c1-11(2)8-14(10-17)9-16(19)18(5)13(4)15-7-6-12(3)20-15/h6-7,11,13-14H,8-10,17H2,1-5H3. The molecule has 114 valence electrons. The summed E-state index contributed by atoms with van der Waals surface area (Å²) in [6.45, 7) is 9.12. The second kappa shape index (κ2) is 7.79. The van der Waals surface area contributed by atoms with Gasteiger partial charge in [-0.1, -0.05) is 13.8 Å². The normalized spacial score (nSPS) is 14.3. The van der Waals surface area contributed by atoms with Gasteiger partial charge in [-0.15, -0.1) is 11.3 Å². The molecule has 0 aliphatic carbocycles. The Hall–Kier alpha value is -0.870. The van der Waals surface area contributed by atoms with Crippen LogP contribution in [-0.2, 0) is 4.79 Å². The van der Waals surface area contributed by atoms with Gasteiger partial charge in [-0.3, -0.25) is 4.79 Å². The van der Waals surface area contributed by atoms with Crippen molar-refractivity contribution in [3.8, 4) is 0 Å². The molecule has 0 saturated carbocycles. The highest BCUT2D eigenvalue weighted by Crippen LogP contribution is 2.27. The number of hydrogen-bond donors (Lipinski definition) is 1. The zero-order valence-electron chi connectivity index (χ0n) is 13.3. The third-order valence-electron chi connectivity index (χ3n) is 3.75. The largest absolute Gasteiger partial charge is 0.338 e. The van der Waals surface area contributed by atoms with E-state index in [0.29, 0.717) is 24.8 Å². The first-order valence-corrected chi connectivity index (χ1v) is 8.18. The third-order valence-corrected chi connectivity index (χ3v) is 4.92. The van der Waals surface area contributed by atoms with Crippen molar-refractivity contribution < 1.29 is 4.79 Å². The van der Waals surface area contributed by atoms with Gasteiger partial charge in [0.1, 0.15) is 0 Å². The van der Waals surface area contributed by atoms with E-state index in [9.17, 15) is 4.79 Å². The molecule has 1 aromatic rings. The average Bonchev–Trinajstić information content (AvgIpc) is 2.82. The molecule has 0 aromatic carbocycles. The molecule has 0 bridgehead atoms. The van der Waals surface area contributed by atoms with E-state index in [1.807, 2.05) is 11.9 Å². The first-order valence-electron chi connectivity index (χ1n) is 7.37. The minimum atomic E-state index is 0.138. The van der Waals surface area contributed by atoms with Gasteiger partial charge in [0.2, 0.25) is 5.91 Å². The summed E-state index contributed by atoms with van der Waals surface area (Å²) in [5.41, 5.74) is 5.79. The number of amides is 1. The van der Waals surface area contributed by atoms with Crippen LogP contribution in [0, 0.1) is 18.8 Å². The molecular formula is C16H28N2OS. The van der Waals surface area contributed by atoms with Crippen molar-refractivity contribution in [1.29, 1.82) is 0 Å². The summed E-state index contributed by atoms with van der Waals surface area (Å²) in [7, 11) is 1.89. The molecule has 0 fully saturated rings. The second-order valence-electron chi connectivity index (χ2n) is 6.06. The van der Waals surface area contributed by atoms with Gasteiger partial charge in [0, 0.05) is 23.2 Å². The van der Waals surface area contributed by atoms with Crippen LogP contribution in [0.5, 0.6) is 0 Å². The van der Waals surface area contributed by atoms with Gasteiger partial charge in [0.25, 0.3) is 0 Å². The van der Waals surface area contributed by atoms with Crippen LogP contribution in [0.2, 0.25) is 0 Å². The van der Waals surface area contributed by atoms with Crippen molar-refractivity contribution in [3.63, 3.8) is 0 Å². The maximum Gasteiger partial charge on any atom is 0.223 e. The van der Waals surface area contributed by atoms with Crippen molar-refractivity contribution in [3.05, 3.63) is 21.9 Å². The molecule has 0 saturated heterocycles. The molecule has 0 radical (unpaired) electrons. The van der Waals surface area contributed by atoms with E-state index in [1.54, 1.807) is 11.3 Å². The van der Waals surface area contributed by atoms with E-state index in [4.69, 9.17) is 5.73 Å². The highest BCUT2D eigenvalue weighted by atomic mass is 32.1. The number of nitrogens with zero attached hydrogens (tertiary/aromatic N) is 1. The molecule has 20 heavy (non-hydrogen) atoms. The number of aryl methyl sites for hydroxylation is 1. The van der Waals surface area contributed by atoms with E-state index in [1.165, 1.54) is 9.75 Å². The Bertz CT molecular complexity index is 428. The van der Waals surface area contributed by atoms with E-state index < -0.39 is 0 Å². The molecule has 2 unspecified atom stereocenters. The van der Waals surface area contributed by atoms with Crippen molar-refractivity contribution in [2.24, 2.45) is 17.6 Å². The van der Waals surface area contributed by atoms with Crippen molar-refractivity contribution in [1.82, 2.24) is 4.90 Å². The molecule has 1 aromatic heterocycles. The van der Waals surface area contributed by atoms with Gasteiger partial charge in [-0.25, -0.2) is 0 Å². The minimum absolute atomic E-state index is 0.138. The lowest BCUT2D eigenvalue weighted by Gasteiger charge is -2.26. The molecule has 2 atom stereocenters. The predicted molar refractivity (Wildman–Crippen MR) is 86.9 cm³/mol. The second-order valence-corrected chi connectivity index (χ2v) is 7.38. The van der Waals surface area contributed by atoms with Crippen LogP contribution >= 0.6 is 11.3 Å². The van der Waals surface area contributed by atoms with Crippen LogP contribution in [0.3, 0.4) is 0 Å². The monoisotopic (exact) mass is 296 g/mol. The number of rotatable bonds is 7. The molecular weight excluding hydrogens is 268 g/mol. The molecule has 1 heterocycles. The van der Waals surface area contributed by atoms with Crippen molar-refractivity contribution in [2.45, 2.75) is 46.6 Å². The van der Waals surface area contributed by atoms with Gasteiger partial charge >= 0.3 is 0 Å². The minimum Gasteiger partial charge on any atom is -0.338 e. The number of hydrogen-bond acceptors (Lipinski definition) is 3. The fourth-order valence-corrected chi connectivity index (χ4v) is 3.38. The lowest BCUT2D eigenvalue weighted by Crippen LogP contribution is -2.32. The van der Waals surface area contributed by atoms with E-state index in [2.05, 4.69) is 39.8 Å². The highest BCUT2D eigenvalue weighted by molar-refractivity contribution is 7.12. The van der Waals surface area contributed by atoms with Gasteiger partial charge in [-0.2, -0.15) is 0 Å². The molecule has 1 amide bonds. The van der Waals surface area contributed by atoms with E-state index in [0.717, 1.165) is 6.42 Å². The van der Waals surface area contributed by atoms with Gasteiger partial charge in [-0.05, 0) is 50.8 Å². The molecule has 2 N–H and O–H groups in total. The Kier molecular flexibility index (Phi) is 6.69. The lowest BCUT2D eigenvalue weighted by molar-refractivity contribution is -0.132. The summed E-state index contributed by atoms with van der Waals surface area (Å²) < 4.78 is 0. The van der Waals surface area contributed by atoms with Crippen LogP contribution < -0.4 is 5.73 Å². The smallest absolute Gasteiger partial charge is 0.223 e. The average molecular weight is 296 g/mol. The molecule has 0 spiro atoms. The zero-order valence-corrected chi connectivity index (χ0v) is 14.2. The Morgan fingerprint density at radius 1 is 1.35 bits per heavy atom. The summed E-state index contributed by atoms with van der Waals surface area (Å²) in [4.78, 5) is 16.8. The maximum atomic E-state index is 12.4. The summed E-state index contributed by atoms with van der Waals surface area (Å²) in [6.07, 6.45) is 1.57. The summed E-state index contributed by atoms with van der Waals surface area (Å²) in [5.74, 6) is 1.07. The molecule has 1 rings (SSSR count). The first kappa shape index (κ1) is 17.2. The number of carbonyl (C=O) groups is 1. The fourth-order valence-electron chi connectivity index (χ4n) is 2.41. The molecule has 3 nitrogen and oxygen atoms in total. The van der Waals surface area contributed by atoms with Crippen LogP contribution in [0.4, 0.5) is 0 Å². The van der Waals surface area contributed by atoms with Gasteiger partial charge in [0.15, 0.2) is 0 Å². The number of nitrogens with two attached hydrogens (primary N) is 1. The van der Waals surface area contributed by atoms with Gasteiger partial charge < -0.3 is 10.6 Å². The topological polar surface area (TPSA) is 46.3 Å². The summed E-state index contributed by atoms with van der Waals surface area (Å²) >= 11 is 1.76. The van der Waals surface area contributed by atoms with Crippen molar-refractivity contribution in [2.75, 3.05) is 13.6 Å². The Morgan fingerprint density at radius 3 is 2.45 bits per heavy atom. The quantitative estimate of drug-likeness (QED) is 0.836. The third kappa shape index (κ3) is 4.91. The van der Waals surface area contributed by atoms with E-state index in [-0.39, 0.29) is 11.9 Å². The first-order chi connectivity index (χ1) is 9.35. The summed E-state index contributed by atoms with van der Waals surface area (Å²) in [6, 6.07) is 4.36. The van der Waals surface area contributed by atoms with Crippen LogP contribution in [0.15, 0.2) is 12.1 Å². The van der Waals surface area contributed by atoms with Crippen LogP contribution in [0.1, 0.15) is 49.4 Å². The van der Waals surface area contributed by atoms with Crippen LogP contribution in [-0.4, -0.2) is 24.4 Å². The maximum absolute atomic E-state index is 12.4. The Balaban J connectivity index is 2.61. The SMILES string of the molecule is Cc1ccc(C(C)N(C)C(=O)CC(CN)CC(C)C)s1. The van der Waals surface area contributed by atoms with E-state index >= 15 is 0 Å². The Morgan fingerprint density at radius 2 is 2.00 bits per heavy atom. The summed E-state index contributed by atoms with van der Waals surface area (Å²) in [5, 5.41) is 0. The Labute approximate surface area is 127 Å². The molecule has 0 aliphatic rings. The predicted octanol–water partition coefficient (Wildman–Crippen LogP) is 3.59. The lowest BCUT2D eigenvalue weighted by atomic mass is 9.93. The molecule has 0 aliphatic heterocycles. The number of thiophene rings is 1. The number of carbonyl (C=O) groups excluding carboxylic acids is 1. The highest BCUT2D eigenvalue weighted by Gasteiger charge is 2.22. The van der Waals surface area contributed by atoms with Gasteiger partial charge in [0.05, 0.1) is 6.04 Å². The zero-order chi connectivity index (χ0) is 15.3.